The Morgan fingerprint density at radius 1 is 0.971 bits per heavy atom. The topological polar surface area (TPSA) is 59.3 Å². The van der Waals surface area contributed by atoms with E-state index in [1.54, 1.807) is 6.21 Å². The number of nitrogens with one attached hydrogen (secondary N) is 1. The predicted octanol–water partition coefficient (Wildman–Crippen LogP) is 6.13. The molecule has 0 radical (unpaired) electrons. The van der Waals surface area contributed by atoms with E-state index in [-0.39, 0.29) is 11.7 Å². The summed E-state index contributed by atoms with van der Waals surface area (Å²) in [6, 6.07) is 29.8. The van der Waals surface area contributed by atoms with Crippen LogP contribution in [0.1, 0.15) is 11.1 Å². The summed E-state index contributed by atoms with van der Waals surface area (Å²) in [4.78, 5) is 17.2. The van der Waals surface area contributed by atoms with Gasteiger partial charge < -0.3 is 4.57 Å². The summed E-state index contributed by atoms with van der Waals surface area (Å²) in [5.74, 6) is 0.0168. The number of thioether (sulfide) groups is 1. The summed E-state index contributed by atoms with van der Waals surface area (Å²) < 4.78 is 2.12. The SMILES string of the molecule is O=C(CSc1nc2ccccc2n1Cc1ccc(Cl)cc1)N/N=C/c1cccc2ccccc12. The third-order valence-electron chi connectivity index (χ3n) is 5.42. The van der Waals surface area contributed by atoms with E-state index in [0.717, 1.165) is 38.1 Å². The third-order valence-corrected chi connectivity index (χ3v) is 6.65. The zero-order valence-corrected chi connectivity index (χ0v) is 19.8. The quantitative estimate of drug-likeness (QED) is 0.172. The largest absolute Gasteiger partial charge is 0.314 e. The standard InChI is InChI=1S/C27H21ClN4OS/c28-22-14-12-19(13-15-22)17-32-25-11-4-3-10-24(25)30-27(32)34-18-26(33)31-29-16-21-8-5-7-20-6-1-2-9-23(20)21/h1-16H,17-18H2,(H,31,33)/b29-16+. The van der Waals surface area contributed by atoms with Gasteiger partial charge in [0.2, 0.25) is 0 Å². The van der Waals surface area contributed by atoms with Crippen LogP contribution in [0.3, 0.4) is 0 Å². The van der Waals surface area contributed by atoms with E-state index in [1.807, 2.05) is 78.9 Å². The normalized spacial score (nSPS) is 11.4. The van der Waals surface area contributed by atoms with E-state index in [2.05, 4.69) is 27.2 Å². The zero-order chi connectivity index (χ0) is 23.3. The fourth-order valence-corrected chi connectivity index (χ4v) is 4.72. The molecule has 7 heteroatoms. The smallest absolute Gasteiger partial charge is 0.250 e. The lowest BCUT2D eigenvalue weighted by Gasteiger charge is -2.09. The minimum absolute atomic E-state index is 0.188. The molecule has 0 aliphatic heterocycles. The molecule has 5 rings (SSSR count). The van der Waals surface area contributed by atoms with Crippen LogP contribution in [0.2, 0.25) is 5.02 Å². The highest BCUT2D eigenvalue weighted by Gasteiger charge is 2.13. The number of carbonyl (C=O) groups is 1. The van der Waals surface area contributed by atoms with Gasteiger partial charge in [0.15, 0.2) is 5.16 Å². The summed E-state index contributed by atoms with van der Waals surface area (Å²) >= 11 is 7.43. The molecule has 4 aromatic carbocycles. The summed E-state index contributed by atoms with van der Waals surface area (Å²) in [5, 5.41) is 7.88. The molecular formula is C27H21ClN4OS. The number of amides is 1. The van der Waals surface area contributed by atoms with E-state index in [0.29, 0.717) is 11.6 Å². The first-order chi connectivity index (χ1) is 16.7. The van der Waals surface area contributed by atoms with E-state index >= 15 is 0 Å². The predicted molar refractivity (Wildman–Crippen MR) is 141 cm³/mol. The monoisotopic (exact) mass is 484 g/mol. The lowest BCUT2D eigenvalue weighted by Crippen LogP contribution is -2.20. The van der Waals surface area contributed by atoms with Gasteiger partial charge in [0.05, 0.1) is 29.5 Å². The molecular weight excluding hydrogens is 464 g/mol. The molecule has 0 unspecified atom stereocenters. The average molecular weight is 485 g/mol. The summed E-state index contributed by atoms with van der Waals surface area (Å²) in [6.07, 6.45) is 1.68. The van der Waals surface area contributed by atoms with E-state index in [9.17, 15) is 4.79 Å². The van der Waals surface area contributed by atoms with Crippen molar-refractivity contribution in [2.45, 2.75) is 11.7 Å². The van der Waals surface area contributed by atoms with Gasteiger partial charge >= 0.3 is 0 Å². The Balaban J connectivity index is 1.28. The molecule has 34 heavy (non-hydrogen) atoms. The van der Waals surface area contributed by atoms with Gasteiger partial charge in [-0.2, -0.15) is 5.10 Å². The van der Waals surface area contributed by atoms with Crippen molar-refractivity contribution >= 4 is 57.3 Å². The maximum Gasteiger partial charge on any atom is 0.250 e. The molecule has 1 N–H and O–H groups in total. The van der Waals surface area contributed by atoms with Gasteiger partial charge in [-0.15, -0.1) is 0 Å². The summed E-state index contributed by atoms with van der Waals surface area (Å²) in [7, 11) is 0. The molecule has 168 valence electrons. The lowest BCUT2D eigenvalue weighted by atomic mass is 10.1. The van der Waals surface area contributed by atoms with Crippen LogP contribution in [0.4, 0.5) is 0 Å². The van der Waals surface area contributed by atoms with Crippen molar-refractivity contribution in [3.8, 4) is 0 Å². The van der Waals surface area contributed by atoms with Gasteiger partial charge in [0.25, 0.3) is 5.91 Å². The first-order valence-electron chi connectivity index (χ1n) is 10.8. The summed E-state index contributed by atoms with van der Waals surface area (Å²) in [6.45, 7) is 0.640. The van der Waals surface area contributed by atoms with E-state index in [1.165, 1.54) is 11.8 Å². The fourth-order valence-electron chi connectivity index (χ4n) is 3.79. The Hall–Kier alpha value is -3.61. The number of fused-ring (bicyclic) bond motifs is 2. The number of aromatic nitrogens is 2. The molecule has 5 nitrogen and oxygen atoms in total. The molecule has 1 aromatic heterocycles. The molecule has 0 aliphatic carbocycles. The number of imidazole rings is 1. The van der Waals surface area contributed by atoms with Crippen LogP contribution in [0.25, 0.3) is 21.8 Å². The van der Waals surface area contributed by atoms with Crippen LogP contribution in [0, 0.1) is 0 Å². The maximum atomic E-state index is 12.5. The molecule has 1 heterocycles. The number of benzene rings is 4. The number of hydrogen-bond donors (Lipinski definition) is 1. The van der Waals surface area contributed by atoms with Crippen LogP contribution in [-0.2, 0) is 11.3 Å². The molecule has 0 atom stereocenters. The number of rotatable bonds is 7. The van der Waals surface area contributed by atoms with Crippen LogP contribution < -0.4 is 5.43 Å². The van der Waals surface area contributed by atoms with Gasteiger partial charge in [-0.25, -0.2) is 10.4 Å². The molecule has 0 bridgehead atoms. The Labute approximate surface area is 206 Å². The van der Waals surface area contributed by atoms with Crippen LogP contribution in [0.15, 0.2) is 101 Å². The molecule has 5 aromatic rings. The number of carbonyl (C=O) groups excluding carboxylic acids is 1. The van der Waals surface area contributed by atoms with Crippen LogP contribution in [-0.4, -0.2) is 27.4 Å². The summed E-state index contributed by atoms with van der Waals surface area (Å²) in [5.41, 5.74) is 6.62. The third kappa shape index (κ3) is 4.98. The molecule has 0 saturated carbocycles. The Morgan fingerprint density at radius 2 is 1.74 bits per heavy atom. The van der Waals surface area contributed by atoms with E-state index < -0.39 is 0 Å². The minimum atomic E-state index is -0.188. The number of nitrogens with zero attached hydrogens (tertiary/aromatic N) is 3. The second kappa shape index (κ2) is 10.1. The average Bonchev–Trinajstić information content (AvgIpc) is 3.21. The highest BCUT2D eigenvalue weighted by atomic mass is 35.5. The number of halogens is 1. The first-order valence-corrected chi connectivity index (χ1v) is 12.2. The van der Waals surface area contributed by atoms with Crippen molar-refractivity contribution in [3.05, 3.63) is 107 Å². The molecule has 1 amide bonds. The van der Waals surface area contributed by atoms with Gasteiger partial charge in [-0.3, -0.25) is 4.79 Å². The Kier molecular flexibility index (Phi) is 6.60. The van der Waals surface area contributed by atoms with Crippen LogP contribution >= 0.6 is 23.4 Å². The van der Waals surface area contributed by atoms with Crippen molar-refractivity contribution in [2.24, 2.45) is 5.10 Å². The highest BCUT2D eigenvalue weighted by molar-refractivity contribution is 7.99. The second-order valence-electron chi connectivity index (χ2n) is 7.75. The van der Waals surface area contributed by atoms with Crippen molar-refractivity contribution in [3.63, 3.8) is 0 Å². The molecule has 0 fully saturated rings. The number of hydrogen-bond acceptors (Lipinski definition) is 4. The van der Waals surface area contributed by atoms with E-state index in [4.69, 9.17) is 16.6 Å². The minimum Gasteiger partial charge on any atom is -0.314 e. The Bertz CT molecular complexity index is 1490. The van der Waals surface area contributed by atoms with Crippen molar-refractivity contribution in [1.29, 1.82) is 0 Å². The highest BCUT2D eigenvalue weighted by Crippen LogP contribution is 2.25. The van der Waals surface area contributed by atoms with Crippen molar-refractivity contribution < 1.29 is 4.79 Å². The lowest BCUT2D eigenvalue weighted by molar-refractivity contribution is -0.118. The first kappa shape index (κ1) is 22.2. The van der Waals surface area contributed by atoms with Gasteiger partial charge in [-0.05, 0) is 40.6 Å². The van der Waals surface area contributed by atoms with Gasteiger partial charge in [0.1, 0.15) is 0 Å². The second-order valence-corrected chi connectivity index (χ2v) is 9.12. The zero-order valence-electron chi connectivity index (χ0n) is 18.2. The van der Waals surface area contributed by atoms with Crippen molar-refractivity contribution in [2.75, 3.05) is 5.75 Å². The van der Waals surface area contributed by atoms with Crippen molar-refractivity contribution in [1.82, 2.24) is 15.0 Å². The molecule has 0 aliphatic rings. The Morgan fingerprint density at radius 3 is 2.62 bits per heavy atom. The maximum absolute atomic E-state index is 12.5. The number of hydrazone groups is 1. The van der Waals surface area contributed by atoms with Gasteiger partial charge in [0, 0.05) is 10.6 Å². The fraction of sp³-hybridized carbons (Fsp3) is 0.0741. The number of para-hydroxylation sites is 2. The van der Waals surface area contributed by atoms with Crippen LogP contribution in [0.5, 0.6) is 0 Å². The van der Waals surface area contributed by atoms with Gasteiger partial charge in [-0.1, -0.05) is 90.1 Å². The molecule has 0 saturated heterocycles. The molecule has 0 spiro atoms.